The molecule has 1 aromatic heterocycles. The van der Waals surface area contributed by atoms with Crippen molar-refractivity contribution in [1.82, 2.24) is 19.8 Å². The summed E-state index contributed by atoms with van der Waals surface area (Å²) in [5.74, 6) is 1.58. The van der Waals surface area contributed by atoms with E-state index in [2.05, 4.69) is 62.8 Å². The normalized spacial score (nSPS) is 23.8. The first-order valence-electron chi connectivity index (χ1n) is 25.2. The molecule has 2 bridgehead atoms. The van der Waals surface area contributed by atoms with E-state index in [-0.39, 0.29) is 111 Å². The quantitative estimate of drug-likeness (QED) is 0.0667. The molecular weight excluding hydrogens is 903 g/mol. The minimum absolute atomic E-state index is 0.0645. The van der Waals surface area contributed by atoms with Crippen LogP contribution in [-0.4, -0.2) is 110 Å². The molecule has 4 fully saturated rings. The lowest BCUT2D eigenvalue weighted by Crippen LogP contribution is -2.62. The van der Waals surface area contributed by atoms with E-state index in [1.54, 1.807) is 18.2 Å². The molecule has 69 heavy (non-hydrogen) atoms. The second kappa shape index (κ2) is 18.8. The van der Waals surface area contributed by atoms with Gasteiger partial charge in [-0.05, 0) is 112 Å². The van der Waals surface area contributed by atoms with Crippen molar-refractivity contribution >= 4 is 41.7 Å². The van der Waals surface area contributed by atoms with Crippen LogP contribution in [0, 0.1) is 28.9 Å². The summed E-state index contributed by atoms with van der Waals surface area (Å²) in [5, 5.41) is 1.000. The zero-order valence-corrected chi connectivity index (χ0v) is 43.0. The van der Waals surface area contributed by atoms with Crippen LogP contribution in [-0.2, 0) is 15.9 Å². The Morgan fingerprint density at radius 3 is 2.38 bits per heavy atom. The zero-order chi connectivity index (χ0) is 49.3. The Balaban J connectivity index is 1.29. The van der Waals surface area contributed by atoms with E-state index in [4.69, 9.17) is 28.9 Å². The fourth-order valence-electron chi connectivity index (χ4n) is 13.2. The van der Waals surface area contributed by atoms with Crippen LogP contribution in [0.2, 0.25) is 16.6 Å². The number of hydrogen-bond donors (Lipinski definition) is 0. The van der Waals surface area contributed by atoms with E-state index in [0.29, 0.717) is 50.0 Å². The van der Waals surface area contributed by atoms with Crippen molar-refractivity contribution in [3.05, 3.63) is 52.8 Å². The van der Waals surface area contributed by atoms with Crippen molar-refractivity contribution < 1.29 is 41.3 Å². The summed E-state index contributed by atoms with van der Waals surface area (Å²) in [4.78, 5) is 29.9. The molecular formula is C54H69F4N5O5Si. The number of fused-ring (bicyclic) bond motifs is 7. The number of methoxy groups -OCH3 is 1. The molecule has 4 saturated heterocycles. The van der Waals surface area contributed by atoms with Gasteiger partial charge in [0.25, 0.3) is 0 Å². The van der Waals surface area contributed by atoms with Gasteiger partial charge in [0.05, 0.1) is 40.2 Å². The highest BCUT2D eigenvalue weighted by Gasteiger charge is 2.52. The average Bonchev–Trinajstić information content (AvgIpc) is 3.94. The largest absolute Gasteiger partial charge is 0.468 e. The first-order chi connectivity index (χ1) is 32.8. The van der Waals surface area contributed by atoms with Crippen LogP contribution in [0.1, 0.15) is 125 Å². The number of aromatic nitrogens is 2. The van der Waals surface area contributed by atoms with Gasteiger partial charge in [-0.25, -0.2) is 22.4 Å². The number of hydrogen-bond acceptors (Lipinski definition) is 9. The van der Waals surface area contributed by atoms with Gasteiger partial charge < -0.3 is 23.8 Å². The number of rotatable bonds is 10. The van der Waals surface area contributed by atoms with Gasteiger partial charge in [-0.1, -0.05) is 60.0 Å². The topological polar surface area (TPSA) is 89.5 Å². The van der Waals surface area contributed by atoms with Crippen LogP contribution < -0.4 is 14.4 Å². The number of piperazine rings is 1. The van der Waals surface area contributed by atoms with Crippen molar-refractivity contribution in [2.45, 2.75) is 172 Å². The van der Waals surface area contributed by atoms with Crippen LogP contribution in [0.25, 0.3) is 32.8 Å². The van der Waals surface area contributed by atoms with Crippen LogP contribution in [0.3, 0.4) is 0 Å². The highest BCUT2D eigenvalue weighted by atomic mass is 28.3. The fraction of sp³-hybridized carbons (Fsp3) is 0.611. The van der Waals surface area contributed by atoms with E-state index in [9.17, 15) is 4.79 Å². The number of ether oxygens (including phenoxy) is 4. The molecule has 9 rings (SSSR count). The highest BCUT2D eigenvalue weighted by Crippen LogP contribution is 2.49. The second-order valence-corrected chi connectivity index (χ2v) is 27.8. The van der Waals surface area contributed by atoms with E-state index in [1.165, 1.54) is 13.2 Å². The summed E-state index contributed by atoms with van der Waals surface area (Å²) in [6, 6.07) is 5.40. The molecule has 5 aliphatic heterocycles. The molecule has 15 heteroatoms. The smallest absolute Gasteiger partial charge is 0.410 e. The van der Waals surface area contributed by atoms with Gasteiger partial charge in [0.2, 0.25) is 0 Å². The molecule has 4 aromatic rings. The first-order valence-corrected chi connectivity index (χ1v) is 27.4. The molecule has 1 amide bonds. The molecule has 0 aliphatic carbocycles. The van der Waals surface area contributed by atoms with Crippen molar-refractivity contribution in [1.29, 1.82) is 0 Å². The molecule has 0 spiro atoms. The monoisotopic (exact) mass is 972 g/mol. The van der Waals surface area contributed by atoms with E-state index >= 15 is 17.6 Å². The number of aryl methyl sites for hydroxylation is 1. The highest BCUT2D eigenvalue weighted by molar-refractivity contribution is 6.90. The molecule has 5 atom stereocenters. The van der Waals surface area contributed by atoms with Gasteiger partial charge in [-0.2, -0.15) is 9.97 Å². The fourth-order valence-corrected chi connectivity index (χ4v) is 18.4. The molecule has 3 aromatic carbocycles. The van der Waals surface area contributed by atoms with E-state index in [1.807, 2.05) is 25.7 Å². The van der Waals surface area contributed by atoms with Crippen LogP contribution in [0.5, 0.6) is 11.8 Å². The van der Waals surface area contributed by atoms with Crippen LogP contribution in [0.4, 0.5) is 28.2 Å². The number of nitrogens with zero attached hydrogens (tertiary/aromatic N) is 5. The molecule has 6 heterocycles. The van der Waals surface area contributed by atoms with Crippen molar-refractivity contribution in [2.75, 3.05) is 45.0 Å². The summed E-state index contributed by atoms with van der Waals surface area (Å²) in [6.45, 7) is 20.1. The van der Waals surface area contributed by atoms with Gasteiger partial charge in [-0.3, -0.25) is 9.80 Å². The van der Waals surface area contributed by atoms with Crippen molar-refractivity contribution in [3.8, 4) is 34.4 Å². The Bertz CT molecular complexity index is 2680. The summed E-state index contributed by atoms with van der Waals surface area (Å²) in [5.41, 5.74) is 3.04. The number of alkyl halides is 1. The maximum Gasteiger partial charge on any atom is 0.410 e. The van der Waals surface area contributed by atoms with E-state index < -0.39 is 42.8 Å². The van der Waals surface area contributed by atoms with Gasteiger partial charge in [0.15, 0.2) is 12.6 Å². The number of halogens is 4. The van der Waals surface area contributed by atoms with Gasteiger partial charge >= 0.3 is 12.1 Å². The Kier molecular flexibility index (Phi) is 13.5. The number of anilines is 1. The van der Waals surface area contributed by atoms with E-state index in [0.717, 1.165) is 32.2 Å². The van der Waals surface area contributed by atoms with Crippen LogP contribution in [0.15, 0.2) is 24.3 Å². The molecule has 10 nitrogen and oxygen atoms in total. The average molecular weight is 972 g/mol. The lowest BCUT2D eigenvalue weighted by molar-refractivity contribution is 0.00702. The summed E-state index contributed by atoms with van der Waals surface area (Å²) in [7, 11) is -0.932. The van der Waals surface area contributed by atoms with Crippen molar-refractivity contribution in [2.24, 2.45) is 0 Å². The van der Waals surface area contributed by atoms with Gasteiger partial charge in [-0.15, -0.1) is 5.54 Å². The first kappa shape index (κ1) is 49.3. The molecule has 0 N–H and O–H groups in total. The predicted octanol–water partition coefficient (Wildman–Crippen LogP) is 12.1. The molecule has 0 unspecified atom stereocenters. The third kappa shape index (κ3) is 8.72. The Morgan fingerprint density at radius 2 is 1.67 bits per heavy atom. The molecule has 5 aliphatic rings. The lowest BCUT2D eigenvalue weighted by atomic mass is 9.90. The Hall–Kier alpha value is -4.65. The maximum atomic E-state index is 18.5. The minimum Gasteiger partial charge on any atom is -0.468 e. The third-order valence-electron chi connectivity index (χ3n) is 16.1. The molecule has 372 valence electrons. The lowest BCUT2D eigenvalue weighted by Gasteiger charge is -2.47. The van der Waals surface area contributed by atoms with Crippen LogP contribution >= 0.6 is 0 Å². The number of carbonyl (C=O) groups excluding carboxylic acids is 1. The van der Waals surface area contributed by atoms with Gasteiger partial charge in [0, 0.05) is 43.1 Å². The SMILES string of the molecule is COCOc1cc(-c2c(F)c3c4c(nc(OC[C@@]56CCCN5C[C@H](F)C6)nc4c2F)N2C[C@H]4CC[C@@H]([C@H]2CCCC3)N4C(=O)OC(C)(C)C)c2c(C#C[Si](C(C)C)(C(C)C)C(C)C)c(F)ccc2c1. The Labute approximate surface area is 405 Å². The second-order valence-electron chi connectivity index (χ2n) is 22.2. The number of benzene rings is 3. The summed E-state index contributed by atoms with van der Waals surface area (Å²) < 4.78 is 92.2. The number of carbonyl (C=O) groups is 1. The molecule has 0 saturated carbocycles. The summed E-state index contributed by atoms with van der Waals surface area (Å²) in [6.07, 6.45) is 4.20. The Morgan fingerprint density at radius 1 is 0.913 bits per heavy atom. The number of amides is 1. The summed E-state index contributed by atoms with van der Waals surface area (Å²) >= 11 is 0. The maximum absolute atomic E-state index is 18.5. The minimum atomic E-state index is -2.42. The van der Waals surface area contributed by atoms with Crippen molar-refractivity contribution in [3.63, 3.8) is 0 Å². The standard InChI is InChI=1S/C54H69F4N5O5Si/c1-31(2)69(32(3)4,33(5)6)23-20-38-41(56)18-16-34-24-37(67-30-65-10)25-40(44(34)38)45-47(57)39-14-11-12-15-42-43-19-17-36(63(43)52(64)68-53(7,8)9)28-62(42)50-46(39)49(48(45)58)59-51(60-50)66-29-54-21-13-22-61(54)27-35(55)26-54/h16,18,24-25,31-33,35-36,42-43H,11-15,17,19,21-22,26-30H2,1-10H3/t35-,36-,42-,43+,54+/m1/s1. The zero-order valence-electron chi connectivity index (χ0n) is 42.0. The molecule has 0 radical (unpaired) electrons. The predicted molar refractivity (Wildman–Crippen MR) is 265 cm³/mol. The third-order valence-corrected chi connectivity index (χ3v) is 22.4. The van der Waals surface area contributed by atoms with Gasteiger partial charge in [0.1, 0.15) is 55.2 Å².